The summed E-state index contributed by atoms with van der Waals surface area (Å²) in [6.07, 6.45) is 4.93. The van der Waals surface area contributed by atoms with Gasteiger partial charge in [0, 0.05) is 19.4 Å². The fourth-order valence-electron chi connectivity index (χ4n) is 2.92. The second-order valence-electron chi connectivity index (χ2n) is 6.39. The summed E-state index contributed by atoms with van der Waals surface area (Å²) in [5, 5.41) is 4.19. The fraction of sp³-hybridized carbons (Fsp3) is 0.150. The Morgan fingerprint density at radius 1 is 1.17 bits per heavy atom. The minimum absolute atomic E-state index is 0.255. The number of hydrogen-bond donors (Lipinski definition) is 2. The van der Waals surface area contributed by atoms with E-state index in [4.69, 9.17) is 4.74 Å². The number of nitrogens with zero attached hydrogens (tertiary/aromatic N) is 5. The Bertz CT molecular complexity index is 1290. The third-order valence-corrected chi connectivity index (χ3v) is 4.42. The van der Waals surface area contributed by atoms with E-state index >= 15 is 0 Å². The molecule has 3 aromatic heterocycles. The van der Waals surface area contributed by atoms with E-state index in [2.05, 4.69) is 25.5 Å². The van der Waals surface area contributed by atoms with E-state index in [0.717, 1.165) is 5.56 Å². The van der Waals surface area contributed by atoms with Crippen LogP contribution < -0.4 is 21.4 Å². The Morgan fingerprint density at radius 3 is 2.70 bits per heavy atom. The van der Waals surface area contributed by atoms with Gasteiger partial charge in [-0.3, -0.25) is 23.9 Å². The molecule has 0 aliphatic heterocycles. The molecule has 10 nitrogen and oxygen atoms in total. The predicted octanol–water partition coefficient (Wildman–Crippen LogP) is 1.34. The Kier molecular flexibility index (Phi) is 5.37. The minimum atomic E-state index is -0.537. The molecule has 0 saturated heterocycles. The van der Waals surface area contributed by atoms with Crippen molar-refractivity contribution in [1.29, 1.82) is 0 Å². The number of pyridine rings is 1. The van der Waals surface area contributed by atoms with Crippen LogP contribution >= 0.6 is 0 Å². The number of ether oxygens (including phenoxy) is 1. The normalized spacial score (nSPS) is 11.2. The van der Waals surface area contributed by atoms with E-state index in [-0.39, 0.29) is 11.2 Å². The van der Waals surface area contributed by atoms with Crippen molar-refractivity contribution >= 4 is 23.3 Å². The van der Waals surface area contributed by atoms with Crippen LogP contribution in [0.5, 0.6) is 5.75 Å². The number of imidazole rings is 1. The molecule has 0 spiro atoms. The summed E-state index contributed by atoms with van der Waals surface area (Å²) in [5.41, 5.74) is 3.15. The van der Waals surface area contributed by atoms with Crippen molar-refractivity contribution in [3.63, 3.8) is 0 Å². The second-order valence-corrected chi connectivity index (χ2v) is 6.39. The summed E-state index contributed by atoms with van der Waals surface area (Å²) in [4.78, 5) is 35.1. The molecule has 30 heavy (non-hydrogen) atoms. The second kappa shape index (κ2) is 8.43. The maximum Gasteiger partial charge on any atom is 0.329 e. The first-order valence-electron chi connectivity index (χ1n) is 9.20. The van der Waals surface area contributed by atoms with Crippen molar-refractivity contribution in [2.75, 3.05) is 12.0 Å². The number of benzene rings is 1. The Morgan fingerprint density at radius 2 is 1.93 bits per heavy atom. The molecule has 0 saturated carbocycles. The molecule has 0 aliphatic carbocycles. The van der Waals surface area contributed by atoms with E-state index in [1.165, 1.54) is 4.57 Å². The highest BCUT2D eigenvalue weighted by atomic mass is 16.5. The molecule has 0 radical (unpaired) electrons. The van der Waals surface area contributed by atoms with E-state index in [0.29, 0.717) is 24.8 Å². The minimum Gasteiger partial charge on any atom is -0.492 e. The van der Waals surface area contributed by atoms with Crippen LogP contribution in [0.1, 0.15) is 5.56 Å². The highest BCUT2D eigenvalue weighted by Gasteiger charge is 2.17. The number of anilines is 1. The number of rotatable bonds is 7. The van der Waals surface area contributed by atoms with Gasteiger partial charge in [0.15, 0.2) is 11.2 Å². The molecule has 152 valence electrons. The lowest BCUT2D eigenvalue weighted by Crippen LogP contribution is -2.29. The van der Waals surface area contributed by atoms with Crippen molar-refractivity contribution in [3.05, 3.63) is 81.3 Å². The average molecular weight is 405 g/mol. The summed E-state index contributed by atoms with van der Waals surface area (Å²) < 4.78 is 8.67. The topological polar surface area (TPSA) is 119 Å². The molecule has 0 unspecified atom stereocenters. The third-order valence-electron chi connectivity index (χ3n) is 4.42. The molecule has 0 aliphatic rings. The van der Waals surface area contributed by atoms with Gasteiger partial charge in [0.2, 0.25) is 5.95 Å². The van der Waals surface area contributed by atoms with Gasteiger partial charge in [0.05, 0.1) is 12.8 Å². The van der Waals surface area contributed by atoms with Crippen molar-refractivity contribution in [1.82, 2.24) is 24.1 Å². The molecule has 0 amide bonds. The largest absolute Gasteiger partial charge is 0.492 e. The van der Waals surface area contributed by atoms with Gasteiger partial charge in [-0.1, -0.05) is 18.2 Å². The van der Waals surface area contributed by atoms with Crippen molar-refractivity contribution in [3.8, 4) is 5.75 Å². The zero-order valence-corrected chi connectivity index (χ0v) is 16.1. The highest BCUT2D eigenvalue weighted by molar-refractivity contribution is 5.80. The average Bonchev–Trinajstić information content (AvgIpc) is 3.13. The molecular weight excluding hydrogens is 386 g/mol. The summed E-state index contributed by atoms with van der Waals surface area (Å²) in [5.74, 6) is 1.03. The monoisotopic (exact) mass is 405 g/mol. The molecule has 0 fully saturated rings. The standard InChI is InChI=1S/C20H19N7O3/c1-26-17-16(18(28)24-20(26)29)27(11-12-30-15-5-3-2-4-6-15)19(23-17)25-22-13-14-7-9-21-10-8-14/h2-10,13H,11-12H2,1H3,(H,23,25)(H,24,28,29)/b22-13+. The van der Waals surface area contributed by atoms with E-state index < -0.39 is 11.2 Å². The quantitative estimate of drug-likeness (QED) is 0.354. The summed E-state index contributed by atoms with van der Waals surface area (Å²) in [7, 11) is 1.54. The first kappa shape index (κ1) is 19.1. The predicted molar refractivity (Wildman–Crippen MR) is 113 cm³/mol. The Labute approximate surface area is 170 Å². The first-order valence-corrected chi connectivity index (χ1v) is 9.20. The van der Waals surface area contributed by atoms with Crippen molar-refractivity contribution < 1.29 is 4.74 Å². The summed E-state index contributed by atoms with van der Waals surface area (Å²) in [6.45, 7) is 0.611. The van der Waals surface area contributed by atoms with Gasteiger partial charge in [-0.25, -0.2) is 10.2 Å². The summed E-state index contributed by atoms with van der Waals surface area (Å²) in [6, 6.07) is 13.0. The lowest BCUT2D eigenvalue weighted by atomic mass is 10.3. The van der Waals surface area contributed by atoms with Gasteiger partial charge in [-0.05, 0) is 29.8 Å². The molecule has 0 atom stereocenters. The van der Waals surface area contributed by atoms with Crippen LogP contribution in [0.4, 0.5) is 5.95 Å². The van der Waals surface area contributed by atoms with E-state index in [1.807, 2.05) is 30.3 Å². The van der Waals surface area contributed by atoms with E-state index in [9.17, 15) is 9.59 Å². The maximum atomic E-state index is 12.5. The zero-order chi connectivity index (χ0) is 20.9. The first-order chi connectivity index (χ1) is 14.6. The molecule has 0 bridgehead atoms. The molecule has 4 aromatic rings. The van der Waals surface area contributed by atoms with E-state index in [1.54, 1.807) is 42.4 Å². The number of aryl methyl sites for hydroxylation is 1. The Balaban J connectivity index is 1.65. The molecule has 2 N–H and O–H groups in total. The molecule has 4 rings (SSSR count). The highest BCUT2D eigenvalue weighted by Crippen LogP contribution is 2.16. The molecule has 1 aromatic carbocycles. The number of H-pyrrole nitrogens is 1. The van der Waals surface area contributed by atoms with Crippen LogP contribution in [-0.2, 0) is 13.6 Å². The SMILES string of the molecule is Cn1c(=O)[nH]c(=O)c2c1nc(N/N=C/c1ccncc1)n2CCOc1ccccc1. The van der Waals surface area contributed by atoms with Crippen molar-refractivity contribution in [2.24, 2.45) is 12.1 Å². The van der Waals surface area contributed by atoms with Crippen LogP contribution in [-0.4, -0.2) is 36.9 Å². The van der Waals surface area contributed by atoms with Gasteiger partial charge < -0.3 is 4.74 Å². The number of aromatic amines is 1. The fourth-order valence-corrected chi connectivity index (χ4v) is 2.92. The maximum absolute atomic E-state index is 12.5. The van der Waals surface area contributed by atoms with Gasteiger partial charge in [-0.2, -0.15) is 10.1 Å². The van der Waals surface area contributed by atoms with Crippen LogP contribution in [0.15, 0.2) is 69.5 Å². The molecule has 10 heteroatoms. The number of hydrazone groups is 1. The summed E-state index contributed by atoms with van der Waals surface area (Å²) >= 11 is 0. The number of aromatic nitrogens is 5. The van der Waals surface area contributed by atoms with Gasteiger partial charge in [0.1, 0.15) is 12.4 Å². The molecule has 3 heterocycles. The number of nitrogens with one attached hydrogen (secondary N) is 2. The zero-order valence-electron chi connectivity index (χ0n) is 16.1. The van der Waals surface area contributed by atoms with Crippen LogP contribution in [0.3, 0.4) is 0 Å². The van der Waals surface area contributed by atoms with Crippen LogP contribution in [0.25, 0.3) is 11.2 Å². The number of hydrogen-bond acceptors (Lipinski definition) is 7. The van der Waals surface area contributed by atoms with Gasteiger partial charge >= 0.3 is 5.69 Å². The molecular formula is C20H19N7O3. The smallest absolute Gasteiger partial charge is 0.329 e. The van der Waals surface area contributed by atoms with Crippen molar-refractivity contribution in [2.45, 2.75) is 6.54 Å². The third kappa shape index (κ3) is 3.97. The van der Waals surface area contributed by atoms with Gasteiger partial charge in [0.25, 0.3) is 5.56 Å². The number of fused-ring (bicyclic) bond motifs is 1. The van der Waals surface area contributed by atoms with Crippen LogP contribution in [0, 0.1) is 0 Å². The lowest BCUT2D eigenvalue weighted by Gasteiger charge is -2.10. The van der Waals surface area contributed by atoms with Crippen LogP contribution in [0.2, 0.25) is 0 Å². The Hall–Kier alpha value is -4.21. The number of para-hydroxylation sites is 1. The van der Waals surface area contributed by atoms with Gasteiger partial charge in [-0.15, -0.1) is 0 Å². The lowest BCUT2D eigenvalue weighted by molar-refractivity contribution is 0.301.